The average Bonchev–Trinajstić information content (AvgIpc) is 2.93. The summed E-state index contributed by atoms with van der Waals surface area (Å²) in [4.78, 5) is 11.7. The van der Waals surface area contributed by atoms with Gasteiger partial charge >= 0.3 is 0 Å². The number of carbonyl (C=O) groups is 1. The summed E-state index contributed by atoms with van der Waals surface area (Å²) >= 11 is 0. The highest BCUT2D eigenvalue weighted by molar-refractivity contribution is 5.84. The van der Waals surface area contributed by atoms with E-state index in [4.69, 9.17) is 15.2 Å². The van der Waals surface area contributed by atoms with Crippen molar-refractivity contribution in [2.75, 3.05) is 20.0 Å². The van der Waals surface area contributed by atoms with E-state index in [1.807, 2.05) is 0 Å². The predicted octanol–water partition coefficient (Wildman–Crippen LogP) is -0.872. The van der Waals surface area contributed by atoms with Crippen LogP contribution in [0.4, 0.5) is 5.95 Å². The van der Waals surface area contributed by atoms with Crippen molar-refractivity contribution in [3.05, 3.63) is 17.7 Å². The van der Waals surface area contributed by atoms with Gasteiger partial charge in [0.25, 0.3) is 5.91 Å². The molecular weight excluding hydrogens is 306 g/mol. The summed E-state index contributed by atoms with van der Waals surface area (Å²) < 4.78 is 11.2. The van der Waals surface area contributed by atoms with Gasteiger partial charge in [-0.15, -0.1) is 0 Å². The van der Waals surface area contributed by atoms with Crippen LogP contribution in [0.25, 0.3) is 0 Å². The van der Waals surface area contributed by atoms with E-state index in [1.54, 1.807) is 0 Å². The number of carbonyl (C=O) groups excluding carboxylic acids is 1. The van der Waals surface area contributed by atoms with Crippen LogP contribution in [0.5, 0.6) is 17.2 Å². The largest absolute Gasteiger partial charge is 0.502 e. The number of amides is 1. The van der Waals surface area contributed by atoms with Crippen molar-refractivity contribution in [2.24, 2.45) is 5.10 Å². The number of benzene rings is 1. The van der Waals surface area contributed by atoms with Crippen LogP contribution in [-0.4, -0.2) is 51.7 Å². The van der Waals surface area contributed by atoms with Gasteiger partial charge in [0.05, 0.1) is 20.4 Å². The highest BCUT2D eigenvalue weighted by atomic mass is 16.5. The Hall–Kier alpha value is -3.37. The number of nitrogens with two attached hydrogens (primary N) is 1. The third-order valence-corrected chi connectivity index (χ3v) is 2.76. The number of methoxy groups -OCH3 is 2. The van der Waals surface area contributed by atoms with Crippen molar-refractivity contribution in [1.82, 2.24) is 25.6 Å². The summed E-state index contributed by atoms with van der Waals surface area (Å²) in [5.74, 6) is -0.113. The zero-order valence-electron chi connectivity index (χ0n) is 12.4. The molecule has 1 aromatic carbocycles. The molecule has 2 rings (SSSR count). The predicted molar refractivity (Wildman–Crippen MR) is 79.2 cm³/mol. The standard InChI is InChI=1S/C12H15N7O4/c1-22-8-3-7(4-9(23-2)11(8)21)5-14-15-10(20)6-19-12(13)16-17-18-19/h3-5,21H,6H2,1-2H3,(H,15,20)(H2,13,16,18). The van der Waals surface area contributed by atoms with Crippen LogP contribution in [0.15, 0.2) is 17.2 Å². The van der Waals surface area contributed by atoms with Gasteiger partial charge in [0, 0.05) is 5.56 Å². The SMILES string of the molecule is COc1cc(C=NNC(=O)Cn2nnnc2N)cc(OC)c1O. The maximum absolute atomic E-state index is 11.7. The Morgan fingerprint density at radius 3 is 2.61 bits per heavy atom. The fraction of sp³-hybridized carbons (Fsp3) is 0.250. The number of hydrogen-bond acceptors (Lipinski definition) is 9. The summed E-state index contributed by atoms with van der Waals surface area (Å²) in [6, 6.07) is 3.07. The Morgan fingerprint density at radius 2 is 2.09 bits per heavy atom. The molecular formula is C12H15N7O4. The number of nitrogens with one attached hydrogen (secondary N) is 1. The van der Waals surface area contributed by atoms with Crippen LogP contribution in [0, 0.1) is 0 Å². The van der Waals surface area contributed by atoms with Crippen LogP contribution in [0.2, 0.25) is 0 Å². The molecule has 0 saturated heterocycles. The normalized spacial score (nSPS) is 10.7. The highest BCUT2D eigenvalue weighted by Gasteiger charge is 2.10. The highest BCUT2D eigenvalue weighted by Crippen LogP contribution is 2.36. The van der Waals surface area contributed by atoms with Gasteiger partial charge < -0.3 is 20.3 Å². The third-order valence-electron chi connectivity index (χ3n) is 2.76. The maximum atomic E-state index is 11.7. The molecule has 0 spiro atoms. The molecule has 0 fully saturated rings. The molecule has 0 radical (unpaired) electrons. The minimum absolute atomic E-state index is 0.0251. The zero-order valence-corrected chi connectivity index (χ0v) is 12.4. The lowest BCUT2D eigenvalue weighted by molar-refractivity contribution is -0.121. The van der Waals surface area contributed by atoms with Crippen LogP contribution < -0.4 is 20.6 Å². The van der Waals surface area contributed by atoms with Crippen molar-refractivity contribution in [1.29, 1.82) is 0 Å². The smallest absolute Gasteiger partial charge is 0.261 e. The van der Waals surface area contributed by atoms with E-state index >= 15 is 0 Å². The number of nitrogen functional groups attached to an aromatic ring is 1. The van der Waals surface area contributed by atoms with E-state index in [0.29, 0.717) is 5.56 Å². The van der Waals surface area contributed by atoms with Gasteiger partial charge in [-0.3, -0.25) is 4.79 Å². The van der Waals surface area contributed by atoms with Crippen molar-refractivity contribution in [2.45, 2.75) is 6.54 Å². The first-order valence-electron chi connectivity index (χ1n) is 6.33. The zero-order chi connectivity index (χ0) is 16.8. The van der Waals surface area contributed by atoms with Gasteiger partial charge in [0.15, 0.2) is 11.5 Å². The van der Waals surface area contributed by atoms with Gasteiger partial charge in [-0.1, -0.05) is 5.10 Å². The summed E-state index contributed by atoms with van der Waals surface area (Å²) in [5.41, 5.74) is 8.30. The minimum atomic E-state index is -0.460. The van der Waals surface area contributed by atoms with Gasteiger partial charge in [-0.25, -0.2) is 10.1 Å². The summed E-state index contributed by atoms with van der Waals surface area (Å²) in [5, 5.41) is 23.9. The van der Waals surface area contributed by atoms with Gasteiger partial charge in [-0.05, 0) is 22.6 Å². The quantitative estimate of drug-likeness (QED) is 0.459. The molecule has 0 unspecified atom stereocenters. The Bertz CT molecular complexity index is 703. The topological polar surface area (TPSA) is 150 Å². The molecule has 0 bridgehead atoms. The van der Waals surface area contributed by atoms with Crippen LogP contribution in [0.3, 0.4) is 0 Å². The second-order valence-corrected chi connectivity index (χ2v) is 4.26. The maximum Gasteiger partial charge on any atom is 0.261 e. The number of hydrazone groups is 1. The molecule has 0 aliphatic rings. The number of anilines is 1. The third kappa shape index (κ3) is 3.84. The first kappa shape index (κ1) is 16.0. The molecule has 11 nitrogen and oxygen atoms in total. The first-order chi connectivity index (χ1) is 11.0. The van der Waals surface area contributed by atoms with Crippen molar-refractivity contribution in [3.8, 4) is 17.2 Å². The summed E-state index contributed by atoms with van der Waals surface area (Å²) in [6.45, 7) is -0.168. The Balaban J connectivity index is 2.03. The van der Waals surface area contributed by atoms with Crippen LogP contribution in [0.1, 0.15) is 5.56 Å². The van der Waals surface area contributed by atoms with Gasteiger partial charge in [0.1, 0.15) is 6.54 Å². The summed E-state index contributed by atoms with van der Waals surface area (Å²) in [6.07, 6.45) is 1.37. The van der Waals surface area contributed by atoms with Crippen molar-refractivity contribution < 1.29 is 19.4 Å². The number of hydrogen-bond donors (Lipinski definition) is 3. The number of aromatic nitrogens is 4. The Labute approximate surface area is 130 Å². The number of ether oxygens (including phenoxy) is 2. The monoisotopic (exact) mass is 321 g/mol. The fourth-order valence-corrected chi connectivity index (χ4v) is 1.66. The number of aromatic hydroxyl groups is 1. The molecule has 0 saturated carbocycles. The molecule has 0 atom stereocenters. The minimum Gasteiger partial charge on any atom is -0.502 e. The Kier molecular flexibility index (Phi) is 4.92. The van der Waals surface area contributed by atoms with Crippen LogP contribution in [-0.2, 0) is 11.3 Å². The molecule has 11 heteroatoms. The average molecular weight is 321 g/mol. The van der Waals surface area contributed by atoms with E-state index in [9.17, 15) is 9.90 Å². The molecule has 2 aromatic rings. The van der Waals surface area contributed by atoms with E-state index in [1.165, 1.54) is 32.6 Å². The number of nitrogens with zero attached hydrogens (tertiary/aromatic N) is 5. The van der Waals surface area contributed by atoms with E-state index in [0.717, 1.165) is 4.68 Å². The molecule has 23 heavy (non-hydrogen) atoms. The summed E-state index contributed by atoms with van der Waals surface area (Å²) in [7, 11) is 2.82. The van der Waals surface area contributed by atoms with Crippen LogP contribution >= 0.6 is 0 Å². The molecule has 1 amide bonds. The number of phenolic OH excluding ortho intramolecular Hbond substituents is 1. The number of phenols is 1. The number of rotatable bonds is 6. The molecule has 1 heterocycles. The van der Waals surface area contributed by atoms with Crippen molar-refractivity contribution in [3.63, 3.8) is 0 Å². The van der Waals surface area contributed by atoms with E-state index in [-0.39, 0.29) is 29.7 Å². The van der Waals surface area contributed by atoms with E-state index in [2.05, 4.69) is 26.1 Å². The second-order valence-electron chi connectivity index (χ2n) is 4.26. The second kappa shape index (κ2) is 7.06. The fourth-order valence-electron chi connectivity index (χ4n) is 1.66. The molecule has 0 aliphatic carbocycles. The lowest BCUT2D eigenvalue weighted by atomic mass is 10.2. The first-order valence-corrected chi connectivity index (χ1v) is 6.33. The van der Waals surface area contributed by atoms with Gasteiger partial charge in [-0.2, -0.15) is 5.10 Å². The molecule has 1 aromatic heterocycles. The lowest BCUT2D eigenvalue weighted by Gasteiger charge is -2.09. The van der Waals surface area contributed by atoms with Crippen molar-refractivity contribution >= 4 is 18.1 Å². The van der Waals surface area contributed by atoms with Gasteiger partial charge in [0.2, 0.25) is 11.7 Å². The molecule has 0 aliphatic heterocycles. The number of tetrazole rings is 1. The lowest BCUT2D eigenvalue weighted by Crippen LogP contribution is -2.24. The molecule has 122 valence electrons. The Morgan fingerprint density at radius 1 is 1.43 bits per heavy atom. The van der Waals surface area contributed by atoms with E-state index < -0.39 is 5.91 Å². The molecule has 4 N–H and O–H groups in total.